The van der Waals surface area contributed by atoms with Gasteiger partial charge >= 0.3 is 0 Å². The normalized spacial score (nSPS) is 28.6. The van der Waals surface area contributed by atoms with E-state index >= 15 is 0 Å². The van der Waals surface area contributed by atoms with Crippen LogP contribution in [0.5, 0.6) is 0 Å². The van der Waals surface area contributed by atoms with E-state index in [1.54, 1.807) is 12.1 Å². The summed E-state index contributed by atoms with van der Waals surface area (Å²) >= 11 is 5.75. The molecular formula is C14H18ClFN2. The lowest BCUT2D eigenvalue weighted by atomic mass is 10.2. The van der Waals surface area contributed by atoms with Crippen molar-refractivity contribution in [1.29, 1.82) is 0 Å². The van der Waals surface area contributed by atoms with Crippen molar-refractivity contribution < 1.29 is 4.39 Å². The van der Waals surface area contributed by atoms with Crippen LogP contribution in [0.2, 0.25) is 5.02 Å². The molecule has 2 atom stereocenters. The Bertz CT molecular complexity index is 447. The third-order valence-corrected chi connectivity index (χ3v) is 4.16. The zero-order valence-corrected chi connectivity index (χ0v) is 11.3. The second-order valence-electron chi connectivity index (χ2n) is 5.48. The first-order valence-corrected chi connectivity index (χ1v) is 6.98. The molecule has 2 unspecified atom stereocenters. The van der Waals surface area contributed by atoms with Crippen LogP contribution in [0.1, 0.15) is 26.2 Å². The summed E-state index contributed by atoms with van der Waals surface area (Å²) in [6.45, 7) is 3.28. The van der Waals surface area contributed by atoms with Gasteiger partial charge in [0.05, 0.1) is 5.69 Å². The minimum absolute atomic E-state index is 0.264. The molecule has 0 bridgehead atoms. The third kappa shape index (κ3) is 2.47. The minimum atomic E-state index is -0.264. The van der Waals surface area contributed by atoms with Crippen molar-refractivity contribution in [2.75, 3.05) is 11.9 Å². The Labute approximate surface area is 112 Å². The highest BCUT2D eigenvalue weighted by Crippen LogP contribution is 2.34. The van der Waals surface area contributed by atoms with E-state index in [1.807, 2.05) is 0 Å². The second kappa shape index (κ2) is 4.71. The molecular weight excluding hydrogens is 251 g/mol. The maximum Gasteiger partial charge on any atom is 0.147 e. The fraction of sp³-hybridized carbons (Fsp3) is 0.571. The van der Waals surface area contributed by atoms with Crippen LogP contribution in [0.25, 0.3) is 0 Å². The second-order valence-corrected chi connectivity index (χ2v) is 5.91. The van der Waals surface area contributed by atoms with Gasteiger partial charge in [-0.3, -0.25) is 4.90 Å². The summed E-state index contributed by atoms with van der Waals surface area (Å²) in [4.78, 5) is 2.55. The van der Waals surface area contributed by atoms with Crippen LogP contribution in [0.15, 0.2) is 18.2 Å². The Morgan fingerprint density at radius 3 is 2.83 bits per heavy atom. The van der Waals surface area contributed by atoms with Crippen LogP contribution in [-0.4, -0.2) is 29.6 Å². The standard InChI is InChI=1S/C14H18ClFN2/c1-9-6-11(8-18(9)12-3-4-12)17-14-5-2-10(15)7-13(14)16/h2,5,7,9,11-12,17H,3-4,6,8H2,1H3. The Morgan fingerprint density at radius 2 is 2.17 bits per heavy atom. The molecule has 1 aliphatic carbocycles. The smallest absolute Gasteiger partial charge is 0.147 e. The summed E-state index contributed by atoms with van der Waals surface area (Å²) < 4.78 is 13.7. The van der Waals surface area contributed by atoms with Crippen molar-refractivity contribution in [3.63, 3.8) is 0 Å². The molecule has 1 heterocycles. The molecule has 1 saturated carbocycles. The van der Waals surface area contributed by atoms with Crippen LogP contribution in [0.4, 0.5) is 10.1 Å². The third-order valence-electron chi connectivity index (χ3n) is 3.93. The summed E-state index contributed by atoms with van der Waals surface area (Å²) in [5.74, 6) is -0.264. The van der Waals surface area contributed by atoms with Crippen LogP contribution in [0.3, 0.4) is 0 Å². The highest BCUT2D eigenvalue weighted by molar-refractivity contribution is 6.30. The van der Waals surface area contributed by atoms with E-state index in [2.05, 4.69) is 17.1 Å². The zero-order chi connectivity index (χ0) is 12.7. The van der Waals surface area contributed by atoms with Crippen LogP contribution >= 0.6 is 11.6 Å². The summed E-state index contributed by atoms with van der Waals surface area (Å²) in [7, 11) is 0. The van der Waals surface area contributed by atoms with E-state index in [0.29, 0.717) is 22.8 Å². The molecule has 3 rings (SSSR count). The van der Waals surface area contributed by atoms with Crippen molar-refractivity contribution in [2.24, 2.45) is 0 Å². The highest BCUT2D eigenvalue weighted by atomic mass is 35.5. The first kappa shape index (κ1) is 12.2. The van der Waals surface area contributed by atoms with Gasteiger partial charge in [0.15, 0.2) is 0 Å². The average Bonchev–Trinajstić information content (AvgIpc) is 3.08. The lowest BCUT2D eigenvalue weighted by Crippen LogP contribution is -2.31. The Kier molecular flexibility index (Phi) is 3.20. The summed E-state index contributed by atoms with van der Waals surface area (Å²) in [6.07, 6.45) is 3.73. The van der Waals surface area contributed by atoms with Crippen LogP contribution < -0.4 is 5.32 Å². The van der Waals surface area contributed by atoms with Gasteiger partial charge in [0, 0.05) is 29.7 Å². The molecule has 0 spiro atoms. The first-order chi connectivity index (χ1) is 8.63. The molecule has 2 aliphatic rings. The van der Waals surface area contributed by atoms with Gasteiger partial charge < -0.3 is 5.32 Å². The number of benzene rings is 1. The molecule has 1 aromatic rings. The number of likely N-dealkylation sites (tertiary alicyclic amines) is 1. The van der Waals surface area contributed by atoms with E-state index in [4.69, 9.17) is 11.6 Å². The number of rotatable bonds is 3. The summed E-state index contributed by atoms with van der Waals surface area (Å²) in [5.41, 5.74) is 0.564. The average molecular weight is 269 g/mol. The van der Waals surface area contributed by atoms with Gasteiger partial charge in [0.25, 0.3) is 0 Å². The quantitative estimate of drug-likeness (QED) is 0.902. The van der Waals surface area contributed by atoms with Crippen LogP contribution in [0, 0.1) is 5.82 Å². The summed E-state index contributed by atoms with van der Waals surface area (Å²) in [5, 5.41) is 3.75. The molecule has 1 aliphatic heterocycles. The highest BCUT2D eigenvalue weighted by Gasteiger charge is 2.38. The monoisotopic (exact) mass is 268 g/mol. The van der Waals surface area contributed by atoms with E-state index in [-0.39, 0.29) is 5.82 Å². The fourth-order valence-electron chi connectivity index (χ4n) is 2.90. The van der Waals surface area contributed by atoms with Gasteiger partial charge in [0.2, 0.25) is 0 Å². The molecule has 1 aromatic carbocycles. The molecule has 98 valence electrons. The topological polar surface area (TPSA) is 15.3 Å². The Morgan fingerprint density at radius 1 is 1.39 bits per heavy atom. The largest absolute Gasteiger partial charge is 0.379 e. The maximum atomic E-state index is 13.7. The predicted octanol–water partition coefficient (Wildman–Crippen LogP) is 3.52. The molecule has 0 aromatic heterocycles. The molecule has 1 saturated heterocycles. The lowest BCUT2D eigenvalue weighted by Gasteiger charge is -2.20. The fourth-order valence-corrected chi connectivity index (χ4v) is 3.06. The Hall–Kier alpha value is -0.800. The molecule has 18 heavy (non-hydrogen) atoms. The van der Waals surface area contributed by atoms with Crippen LogP contribution in [-0.2, 0) is 0 Å². The SMILES string of the molecule is CC1CC(Nc2ccc(Cl)cc2F)CN1C1CC1. The van der Waals surface area contributed by atoms with Gasteiger partial charge in [-0.2, -0.15) is 0 Å². The molecule has 0 radical (unpaired) electrons. The van der Waals surface area contributed by atoms with E-state index in [0.717, 1.165) is 19.0 Å². The first-order valence-electron chi connectivity index (χ1n) is 6.61. The molecule has 0 amide bonds. The number of nitrogens with one attached hydrogen (secondary N) is 1. The van der Waals surface area contributed by atoms with Gasteiger partial charge in [0.1, 0.15) is 5.82 Å². The zero-order valence-electron chi connectivity index (χ0n) is 10.5. The summed E-state index contributed by atoms with van der Waals surface area (Å²) in [6, 6.07) is 6.54. The number of hydrogen-bond donors (Lipinski definition) is 1. The van der Waals surface area contributed by atoms with Crippen molar-refractivity contribution in [3.8, 4) is 0 Å². The maximum absolute atomic E-state index is 13.7. The molecule has 1 N–H and O–H groups in total. The van der Waals surface area contributed by atoms with E-state index in [9.17, 15) is 4.39 Å². The molecule has 2 fully saturated rings. The van der Waals surface area contributed by atoms with E-state index < -0.39 is 0 Å². The van der Waals surface area contributed by atoms with Crippen molar-refractivity contribution in [1.82, 2.24) is 4.90 Å². The van der Waals surface area contributed by atoms with E-state index in [1.165, 1.54) is 18.9 Å². The lowest BCUT2D eigenvalue weighted by molar-refractivity contribution is 0.257. The number of halogens is 2. The number of hydrogen-bond acceptors (Lipinski definition) is 2. The van der Waals surface area contributed by atoms with Gasteiger partial charge in [-0.15, -0.1) is 0 Å². The van der Waals surface area contributed by atoms with Gasteiger partial charge in [-0.05, 0) is 44.4 Å². The number of nitrogens with zero attached hydrogens (tertiary/aromatic N) is 1. The number of anilines is 1. The van der Waals surface area contributed by atoms with Gasteiger partial charge in [-0.25, -0.2) is 4.39 Å². The minimum Gasteiger partial charge on any atom is -0.379 e. The van der Waals surface area contributed by atoms with Crippen molar-refractivity contribution >= 4 is 17.3 Å². The van der Waals surface area contributed by atoms with Crippen molar-refractivity contribution in [2.45, 2.75) is 44.3 Å². The Balaban J connectivity index is 1.66. The van der Waals surface area contributed by atoms with Gasteiger partial charge in [-0.1, -0.05) is 11.6 Å². The molecule has 2 nitrogen and oxygen atoms in total. The molecule has 4 heteroatoms. The predicted molar refractivity (Wildman–Crippen MR) is 72.6 cm³/mol. The van der Waals surface area contributed by atoms with Crippen molar-refractivity contribution in [3.05, 3.63) is 29.0 Å².